The van der Waals surface area contributed by atoms with Crippen LogP contribution in [0.2, 0.25) is 0 Å². The molecule has 0 bridgehead atoms. The molecule has 2 aliphatic heterocycles. The highest BCUT2D eigenvalue weighted by Crippen LogP contribution is 2.54. The van der Waals surface area contributed by atoms with Gasteiger partial charge in [0.05, 0.1) is 23.8 Å². The zero-order chi connectivity index (χ0) is 22.5. The van der Waals surface area contributed by atoms with E-state index in [1.807, 2.05) is 19.1 Å². The normalized spacial score (nSPS) is 23.8. The fourth-order valence-corrected chi connectivity index (χ4v) is 5.75. The van der Waals surface area contributed by atoms with Gasteiger partial charge in [0.15, 0.2) is 0 Å². The number of carbonyl (C=O) groups excluding carboxylic acids is 1. The number of nitrogens with two attached hydrogens (primary N) is 1. The lowest BCUT2D eigenvalue weighted by Crippen LogP contribution is -2.40. The van der Waals surface area contributed by atoms with E-state index in [4.69, 9.17) is 10.3 Å². The molecule has 32 heavy (non-hydrogen) atoms. The number of H-pyrrole nitrogens is 1. The molecule has 0 spiro atoms. The maximum atomic E-state index is 13.4. The van der Waals surface area contributed by atoms with Crippen LogP contribution in [0, 0.1) is 0 Å². The number of hydrogen-bond acceptors (Lipinski definition) is 7. The average molecular weight is 471 g/mol. The van der Waals surface area contributed by atoms with Crippen LogP contribution in [0.4, 0.5) is 0 Å². The zero-order valence-corrected chi connectivity index (χ0v) is 20.2. The first-order valence-electron chi connectivity index (χ1n) is 10.7. The van der Waals surface area contributed by atoms with Crippen molar-refractivity contribution in [2.45, 2.75) is 49.5 Å². The number of allylic oxidation sites excluding steroid dienone is 3. The minimum absolute atomic E-state index is 0.0405. The Morgan fingerprint density at radius 1 is 1.41 bits per heavy atom. The number of nitrogens with one attached hydrogen (secondary N) is 1. The molecule has 1 aliphatic carbocycles. The smallest absolute Gasteiger partial charge is 0.311 e. The largest absolute Gasteiger partial charge is 0.417 e. The topological polar surface area (TPSA) is 117 Å². The summed E-state index contributed by atoms with van der Waals surface area (Å²) in [6.07, 6.45) is 12.6. The molecule has 168 valence electrons. The minimum Gasteiger partial charge on any atom is -0.417 e. The van der Waals surface area contributed by atoms with Gasteiger partial charge in [-0.15, -0.1) is 28.7 Å². The Morgan fingerprint density at radius 3 is 2.97 bits per heavy atom. The first kappa shape index (κ1) is 21.5. The number of aromatic nitrogens is 4. The van der Waals surface area contributed by atoms with Crippen molar-refractivity contribution in [3.63, 3.8) is 0 Å². The van der Waals surface area contributed by atoms with Crippen LogP contribution in [-0.2, 0) is 6.42 Å². The van der Waals surface area contributed by atoms with E-state index < -0.39 is 0 Å². The van der Waals surface area contributed by atoms with Crippen LogP contribution in [0.5, 0.6) is 0 Å². The van der Waals surface area contributed by atoms with E-state index in [0.29, 0.717) is 25.3 Å². The van der Waals surface area contributed by atoms with Crippen molar-refractivity contribution in [2.24, 2.45) is 5.84 Å². The second kappa shape index (κ2) is 8.22. The van der Waals surface area contributed by atoms with E-state index >= 15 is 0 Å². The standard InChI is InChI=1S/C21H27N7O2P2/c1-12-3-2-7-28(22)15(12)4-5-16-17-14(23-11-24-17)6-8-27(16)20(29)19-26-25-18(30-19)13-9-21(31,32)10-13/h2-4,7,11,13,16H,5-6,8-10,22,31-32H2,1H3,(H,23,24)/b15-4-/t16-/m0/s1. The van der Waals surface area contributed by atoms with Crippen molar-refractivity contribution in [1.29, 1.82) is 0 Å². The molecule has 0 saturated heterocycles. The first-order chi connectivity index (χ1) is 15.3. The van der Waals surface area contributed by atoms with Crippen LogP contribution < -0.4 is 5.84 Å². The van der Waals surface area contributed by atoms with Crippen molar-refractivity contribution in [3.05, 3.63) is 65.2 Å². The van der Waals surface area contributed by atoms with Crippen molar-refractivity contribution in [3.8, 4) is 0 Å². The number of imidazole rings is 1. The minimum atomic E-state index is -0.261. The van der Waals surface area contributed by atoms with E-state index in [1.165, 1.54) is 0 Å². The molecule has 0 aromatic carbocycles. The predicted molar refractivity (Wildman–Crippen MR) is 126 cm³/mol. The maximum Gasteiger partial charge on any atom is 0.311 e. The van der Waals surface area contributed by atoms with E-state index in [0.717, 1.165) is 35.5 Å². The van der Waals surface area contributed by atoms with Gasteiger partial charge in [-0.05, 0) is 37.8 Å². The van der Waals surface area contributed by atoms with Crippen LogP contribution >= 0.6 is 18.5 Å². The fourth-order valence-electron chi connectivity index (χ4n) is 4.62. The Hall–Kier alpha value is -2.34. The van der Waals surface area contributed by atoms with Gasteiger partial charge >= 0.3 is 11.8 Å². The van der Waals surface area contributed by atoms with Gasteiger partial charge in [0.25, 0.3) is 0 Å². The van der Waals surface area contributed by atoms with Gasteiger partial charge in [-0.3, -0.25) is 9.80 Å². The van der Waals surface area contributed by atoms with E-state index in [9.17, 15) is 4.79 Å². The number of nitrogens with zero attached hydrogens (tertiary/aromatic N) is 5. The zero-order valence-electron chi connectivity index (χ0n) is 17.9. The van der Waals surface area contributed by atoms with Gasteiger partial charge in [0, 0.05) is 35.7 Å². The van der Waals surface area contributed by atoms with Crippen molar-refractivity contribution in [2.75, 3.05) is 6.54 Å². The van der Waals surface area contributed by atoms with E-state index in [-0.39, 0.29) is 28.7 Å². The van der Waals surface area contributed by atoms with Gasteiger partial charge < -0.3 is 14.3 Å². The van der Waals surface area contributed by atoms with Crippen molar-refractivity contribution >= 4 is 24.4 Å². The molecule has 4 heterocycles. The third-order valence-corrected chi connectivity index (χ3v) is 7.29. The Kier molecular flexibility index (Phi) is 5.52. The molecular weight excluding hydrogens is 444 g/mol. The molecule has 3 atom stereocenters. The van der Waals surface area contributed by atoms with Crippen molar-refractivity contribution < 1.29 is 9.21 Å². The molecule has 3 aliphatic rings. The molecule has 5 rings (SSSR count). The van der Waals surface area contributed by atoms with Crippen LogP contribution in [-0.4, -0.2) is 47.4 Å². The molecule has 0 radical (unpaired) electrons. The summed E-state index contributed by atoms with van der Waals surface area (Å²) in [5.41, 5.74) is 3.89. The number of amides is 1. The Balaban J connectivity index is 1.39. The van der Waals surface area contributed by atoms with Crippen LogP contribution in [0.1, 0.15) is 66.1 Å². The monoisotopic (exact) mass is 471 g/mol. The number of carbonyl (C=O) groups is 1. The third kappa shape index (κ3) is 3.94. The Bertz CT molecular complexity index is 1120. The molecule has 9 nitrogen and oxygen atoms in total. The van der Waals surface area contributed by atoms with E-state index in [1.54, 1.807) is 22.4 Å². The van der Waals surface area contributed by atoms with Crippen molar-refractivity contribution in [1.82, 2.24) is 30.1 Å². The lowest BCUT2D eigenvalue weighted by atomic mass is 9.84. The third-order valence-electron chi connectivity index (χ3n) is 6.34. The van der Waals surface area contributed by atoms with Gasteiger partial charge in [-0.25, -0.2) is 10.8 Å². The van der Waals surface area contributed by atoms with Gasteiger partial charge in [-0.2, -0.15) is 0 Å². The summed E-state index contributed by atoms with van der Waals surface area (Å²) in [6, 6.07) is -0.247. The van der Waals surface area contributed by atoms with Crippen LogP contribution in [0.15, 0.2) is 46.4 Å². The molecule has 1 saturated carbocycles. The molecular formula is C21H27N7O2P2. The molecule has 2 aromatic rings. The Morgan fingerprint density at radius 2 is 2.22 bits per heavy atom. The summed E-state index contributed by atoms with van der Waals surface area (Å²) >= 11 is 0. The van der Waals surface area contributed by atoms with Crippen LogP contribution in [0.3, 0.4) is 0 Å². The SMILES string of the molecule is CC1=CC=CN(N)/C1=C\C[C@H]1c2nc[nH]c2CCN1C(=O)c1nnc(C2CC(P)(P)C2)o1. The highest BCUT2D eigenvalue weighted by atomic mass is 31.1. The molecule has 11 heteroatoms. The summed E-state index contributed by atoms with van der Waals surface area (Å²) in [5, 5.41) is 9.84. The summed E-state index contributed by atoms with van der Waals surface area (Å²) in [6.45, 7) is 2.56. The van der Waals surface area contributed by atoms with Crippen LogP contribution in [0.25, 0.3) is 0 Å². The number of hydrazine groups is 1. The number of aromatic amines is 1. The maximum absolute atomic E-state index is 13.4. The number of hydrogen-bond donors (Lipinski definition) is 2. The molecule has 2 aromatic heterocycles. The van der Waals surface area contributed by atoms with E-state index in [2.05, 4.69) is 44.7 Å². The highest BCUT2D eigenvalue weighted by Gasteiger charge is 2.41. The second-order valence-corrected chi connectivity index (χ2v) is 11.7. The summed E-state index contributed by atoms with van der Waals surface area (Å²) in [5.74, 6) is 6.63. The fraction of sp³-hybridized carbons (Fsp3) is 0.429. The van der Waals surface area contributed by atoms with Gasteiger partial charge in [0.2, 0.25) is 5.89 Å². The number of rotatable bonds is 4. The van der Waals surface area contributed by atoms with Gasteiger partial charge in [0.1, 0.15) is 0 Å². The molecule has 1 fully saturated rings. The first-order valence-corrected chi connectivity index (χ1v) is 11.8. The summed E-state index contributed by atoms with van der Waals surface area (Å²) in [7, 11) is 5.67. The molecule has 2 unspecified atom stereocenters. The molecule has 1 amide bonds. The number of fused-ring (bicyclic) bond motifs is 1. The quantitative estimate of drug-likeness (QED) is 0.520. The average Bonchev–Trinajstić information content (AvgIpc) is 3.40. The Labute approximate surface area is 191 Å². The van der Waals surface area contributed by atoms with Gasteiger partial charge in [-0.1, -0.05) is 12.2 Å². The lowest BCUT2D eigenvalue weighted by Gasteiger charge is -2.39. The summed E-state index contributed by atoms with van der Waals surface area (Å²) < 4.78 is 5.82. The second-order valence-electron chi connectivity index (χ2n) is 8.74. The molecule has 3 N–H and O–H groups in total. The predicted octanol–water partition coefficient (Wildman–Crippen LogP) is 2.78. The summed E-state index contributed by atoms with van der Waals surface area (Å²) in [4.78, 5) is 23.0. The highest BCUT2D eigenvalue weighted by molar-refractivity contribution is 7.40. The lowest BCUT2D eigenvalue weighted by molar-refractivity contribution is 0.0612.